The number of benzene rings is 2. The van der Waals surface area contributed by atoms with E-state index < -0.39 is 34.9 Å². The van der Waals surface area contributed by atoms with Crippen molar-refractivity contribution in [3.05, 3.63) is 82.9 Å². The molecule has 0 saturated carbocycles. The van der Waals surface area contributed by atoms with Crippen molar-refractivity contribution in [3.63, 3.8) is 0 Å². The summed E-state index contributed by atoms with van der Waals surface area (Å²) >= 11 is 5.84. The Kier molecular flexibility index (Phi) is 7.29. The molecule has 0 aliphatic rings. The highest BCUT2D eigenvalue weighted by molar-refractivity contribution is 6.30. The lowest BCUT2D eigenvalue weighted by molar-refractivity contribution is -0.155. The van der Waals surface area contributed by atoms with Crippen molar-refractivity contribution < 1.29 is 28.2 Å². The van der Waals surface area contributed by atoms with E-state index in [0.717, 1.165) is 7.11 Å². The number of ketones is 1. The molecular formula is C22H20ClFO5. The van der Waals surface area contributed by atoms with E-state index in [1.807, 2.05) is 0 Å². The Morgan fingerprint density at radius 2 is 1.69 bits per heavy atom. The molecule has 2 aromatic rings. The molecule has 5 nitrogen and oxygen atoms in total. The van der Waals surface area contributed by atoms with E-state index in [-0.39, 0.29) is 17.7 Å². The van der Waals surface area contributed by atoms with E-state index in [9.17, 15) is 14.4 Å². The molecule has 2 atom stereocenters. The number of Topliss-reactive ketones (excluding diaryl/α,β-unsaturated/α-hetero) is 1. The number of ether oxygens (including phenoxy) is 2. The monoisotopic (exact) mass is 418 g/mol. The number of hydrogen-bond acceptors (Lipinski definition) is 5. The fraction of sp³-hybridized carbons (Fsp3) is 0.227. The lowest BCUT2D eigenvalue weighted by Gasteiger charge is -2.31. The third kappa shape index (κ3) is 4.54. The van der Waals surface area contributed by atoms with Crippen molar-refractivity contribution >= 4 is 29.3 Å². The number of methoxy groups -OCH3 is 1. The predicted octanol–water partition coefficient (Wildman–Crippen LogP) is 4.31. The minimum absolute atomic E-state index is 0.108. The summed E-state index contributed by atoms with van der Waals surface area (Å²) < 4.78 is 26.1. The van der Waals surface area contributed by atoms with Crippen molar-refractivity contribution in [1.29, 1.82) is 0 Å². The van der Waals surface area contributed by atoms with Gasteiger partial charge in [0, 0.05) is 16.2 Å². The molecule has 0 heterocycles. The molecule has 0 N–H and O–H groups in total. The maximum atomic E-state index is 16.5. The van der Waals surface area contributed by atoms with Gasteiger partial charge in [0.1, 0.15) is 0 Å². The number of carbonyl (C=O) groups excluding carboxylic acids is 3. The Morgan fingerprint density at radius 3 is 2.21 bits per heavy atom. The molecule has 0 fully saturated rings. The van der Waals surface area contributed by atoms with Crippen LogP contribution in [0.25, 0.3) is 0 Å². The molecular weight excluding hydrogens is 399 g/mol. The zero-order valence-electron chi connectivity index (χ0n) is 16.0. The second-order valence-electron chi connectivity index (χ2n) is 6.13. The number of alkyl halides is 1. The molecule has 0 saturated heterocycles. The van der Waals surface area contributed by atoms with Crippen LogP contribution in [0.2, 0.25) is 5.02 Å². The van der Waals surface area contributed by atoms with Gasteiger partial charge >= 0.3 is 11.9 Å². The largest absolute Gasteiger partial charge is 0.466 e. The van der Waals surface area contributed by atoms with Gasteiger partial charge in [-0.05, 0) is 36.8 Å². The molecule has 152 valence electrons. The van der Waals surface area contributed by atoms with Gasteiger partial charge in [-0.25, -0.2) is 14.0 Å². The van der Waals surface area contributed by atoms with Crippen LogP contribution < -0.4 is 0 Å². The second-order valence-corrected chi connectivity index (χ2v) is 6.57. The Hall–Kier alpha value is -2.99. The number of halogens is 2. The van der Waals surface area contributed by atoms with Gasteiger partial charge in [-0.2, -0.15) is 0 Å². The van der Waals surface area contributed by atoms with Gasteiger partial charge in [0.2, 0.25) is 5.78 Å². The second kappa shape index (κ2) is 9.47. The first-order valence-electron chi connectivity index (χ1n) is 8.75. The highest BCUT2D eigenvalue weighted by Gasteiger charge is 2.57. The third-order valence-corrected chi connectivity index (χ3v) is 4.59. The van der Waals surface area contributed by atoms with Gasteiger partial charge < -0.3 is 9.47 Å². The molecule has 2 aromatic carbocycles. The molecule has 0 bridgehead atoms. The molecule has 7 heteroatoms. The van der Waals surface area contributed by atoms with Crippen LogP contribution >= 0.6 is 11.6 Å². The SMILES string of the molecule is C=C(C(=O)OC)C(c1ccccc1)C(F)(C(=O)OCC)C(=O)c1ccc(Cl)cc1. The van der Waals surface area contributed by atoms with Crippen molar-refractivity contribution in [1.82, 2.24) is 0 Å². The van der Waals surface area contributed by atoms with E-state index in [1.165, 1.54) is 43.3 Å². The number of hydrogen-bond donors (Lipinski definition) is 0. The summed E-state index contributed by atoms with van der Waals surface area (Å²) in [6.45, 7) is 4.93. The van der Waals surface area contributed by atoms with Crippen LogP contribution in [-0.4, -0.2) is 37.1 Å². The van der Waals surface area contributed by atoms with E-state index in [4.69, 9.17) is 16.3 Å². The fourth-order valence-corrected chi connectivity index (χ4v) is 3.08. The fourth-order valence-electron chi connectivity index (χ4n) is 2.95. The van der Waals surface area contributed by atoms with Gasteiger partial charge in [-0.15, -0.1) is 0 Å². The lowest BCUT2D eigenvalue weighted by Crippen LogP contribution is -2.50. The quantitative estimate of drug-likeness (QED) is 0.276. The van der Waals surface area contributed by atoms with Crippen LogP contribution in [0.1, 0.15) is 28.8 Å². The molecule has 0 spiro atoms. The van der Waals surface area contributed by atoms with Crippen molar-refractivity contribution in [3.8, 4) is 0 Å². The van der Waals surface area contributed by atoms with Crippen molar-refractivity contribution in [2.24, 2.45) is 0 Å². The summed E-state index contributed by atoms with van der Waals surface area (Å²) in [5.74, 6) is -5.20. The standard InChI is InChI=1S/C22H20ClFO5/c1-4-29-21(27)22(24,19(25)16-10-12-17(23)13-11-16)18(14(2)20(26)28-3)15-8-6-5-7-9-15/h5-13,18H,2,4H2,1,3H3. The van der Waals surface area contributed by atoms with Crippen molar-refractivity contribution in [2.75, 3.05) is 13.7 Å². The zero-order valence-corrected chi connectivity index (χ0v) is 16.7. The molecule has 0 radical (unpaired) electrons. The summed E-state index contributed by atoms with van der Waals surface area (Å²) in [6, 6.07) is 13.2. The highest BCUT2D eigenvalue weighted by Crippen LogP contribution is 2.41. The molecule has 29 heavy (non-hydrogen) atoms. The summed E-state index contributed by atoms with van der Waals surface area (Å²) in [5, 5.41) is 0.334. The van der Waals surface area contributed by atoms with E-state index in [1.54, 1.807) is 18.2 Å². The Morgan fingerprint density at radius 1 is 1.10 bits per heavy atom. The lowest BCUT2D eigenvalue weighted by atomic mass is 9.74. The number of esters is 2. The zero-order chi connectivity index (χ0) is 21.6. The summed E-state index contributed by atoms with van der Waals surface area (Å²) in [6.07, 6.45) is 0. The predicted molar refractivity (Wildman–Crippen MR) is 107 cm³/mol. The van der Waals surface area contributed by atoms with Crippen LogP contribution in [0.4, 0.5) is 4.39 Å². The molecule has 0 aliphatic heterocycles. The van der Waals surface area contributed by atoms with E-state index in [0.29, 0.717) is 5.02 Å². The highest BCUT2D eigenvalue weighted by atomic mass is 35.5. The topological polar surface area (TPSA) is 69.7 Å². The first-order chi connectivity index (χ1) is 13.8. The number of carbonyl (C=O) groups is 3. The average Bonchev–Trinajstić information content (AvgIpc) is 2.74. The minimum atomic E-state index is -3.25. The van der Waals surface area contributed by atoms with Crippen molar-refractivity contribution in [2.45, 2.75) is 18.5 Å². The maximum absolute atomic E-state index is 16.5. The smallest absolute Gasteiger partial charge is 0.353 e. The Labute approximate surface area is 173 Å². The number of rotatable bonds is 8. The van der Waals surface area contributed by atoms with Crippen LogP contribution in [-0.2, 0) is 19.1 Å². The van der Waals surface area contributed by atoms with Crippen LogP contribution in [0.15, 0.2) is 66.7 Å². The van der Waals surface area contributed by atoms with E-state index >= 15 is 4.39 Å². The summed E-state index contributed by atoms with van der Waals surface area (Å²) in [7, 11) is 1.10. The van der Waals surface area contributed by atoms with E-state index in [2.05, 4.69) is 11.3 Å². The molecule has 0 aromatic heterocycles. The Balaban J connectivity index is 2.72. The van der Waals surface area contributed by atoms with Gasteiger partial charge in [-0.3, -0.25) is 4.79 Å². The first-order valence-corrected chi connectivity index (χ1v) is 9.13. The average molecular weight is 419 g/mol. The Bertz CT molecular complexity index is 911. The van der Waals surface area contributed by atoms with Crippen LogP contribution in [0, 0.1) is 0 Å². The minimum Gasteiger partial charge on any atom is -0.466 e. The third-order valence-electron chi connectivity index (χ3n) is 4.34. The molecule has 0 aliphatic carbocycles. The van der Waals surface area contributed by atoms with Gasteiger partial charge in [0.05, 0.1) is 19.6 Å². The van der Waals surface area contributed by atoms with Gasteiger partial charge in [0.25, 0.3) is 5.67 Å². The molecule has 2 unspecified atom stereocenters. The van der Waals surface area contributed by atoms with Crippen LogP contribution in [0.3, 0.4) is 0 Å². The van der Waals surface area contributed by atoms with Gasteiger partial charge in [-0.1, -0.05) is 48.5 Å². The normalized spacial score (nSPS) is 13.7. The first kappa shape index (κ1) is 22.3. The summed E-state index contributed by atoms with van der Waals surface area (Å²) in [5.41, 5.74) is -3.56. The molecule has 2 rings (SSSR count). The summed E-state index contributed by atoms with van der Waals surface area (Å²) in [4.78, 5) is 38.1. The molecule has 0 amide bonds. The van der Waals surface area contributed by atoms with Crippen LogP contribution in [0.5, 0.6) is 0 Å². The maximum Gasteiger partial charge on any atom is 0.353 e. The van der Waals surface area contributed by atoms with Gasteiger partial charge in [0.15, 0.2) is 0 Å².